The lowest BCUT2D eigenvalue weighted by molar-refractivity contribution is 0.0507. The first-order chi connectivity index (χ1) is 15.7. The maximum Gasteiger partial charge on any atom is 0.319 e. The number of benzene rings is 2. The Morgan fingerprint density at radius 3 is 2.48 bits per heavy atom. The summed E-state index contributed by atoms with van der Waals surface area (Å²) >= 11 is 0. The van der Waals surface area contributed by atoms with E-state index in [-0.39, 0.29) is 29.9 Å². The molecule has 0 bridgehead atoms. The van der Waals surface area contributed by atoms with Crippen molar-refractivity contribution in [2.45, 2.75) is 45.4 Å². The molecular formula is C25H33FN4O3. The number of anilines is 2. The quantitative estimate of drug-likeness (QED) is 0.623. The van der Waals surface area contributed by atoms with Gasteiger partial charge in [-0.15, -0.1) is 0 Å². The fraction of sp³-hybridized carbons (Fsp3) is 0.440. The SMILES string of the molecule is CC(C)NC(=O)Nc1ccc(N(C)C)c(CN(C[C@@H]2CCCO2)C(=O)c2ccc(F)cc2)c1. The minimum atomic E-state index is -0.384. The summed E-state index contributed by atoms with van der Waals surface area (Å²) in [6.45, 7) is 5.24. The van der Waals surface area contributed by atoms with Gasteiger partial charge in [-0.2, -0.15) is 0 Å². The van der Waals surface area contributed by atoms with Crippen LogP contribution in [0.2, 0.25) is 0 Å². The van der Waals surface area contributed by atoms with Crippen molar-refractivity contribution in [3.8, 4) is 0 Å². The largest absolute Gasteiger partial charge is 0.377 e. The van der Waals surface area contributed by atoms with E-state index in [2.05, 4.69) is 10.6 Å². The number of amides is 3. The molecule has 33 heavy (non-hydrogen) atoms. The minimum Gasteiger partial charge on any atom is -0.377 e. The van der Waals surface area contributed by atoms with Gasteiger partial charge < -0.3 is 25.2 Å². The Labute approximate surface area is 194 Å². The van der Waals surface area contributed by atoms with Gasteiger partial charge in [0.25, 0.3) is 5.91 Å². The summed E-state index contributed by atoms with van der Waals surface area (Å²) in [4.78, 5) is 29.3. The Bertz CT molecular complexity index is 957. The van der Waals surface area contributed by atoms with Crippen LogP contribution in [-0.4, -0.2) is 56.2 Å². The highest BCUT2D eigenvalue weighted by Gasteiger charge is 2.25. The molecule has 0 aliphatic carbocycles. The van der Waals surface area contributed by atoms with E-state index in [0.29, 0.717) is 30.9 Å². The van der Waals surface area contributed by atoms with Crippen LogP contribution < -0.4 is 15.5 Å². The molecule has 2 aromatic rings. The van der Waals surface area contributed by atoms with Gasteiger partial charge in [-0.3, -0.25) is 4.79 Å². The van der Waals surface area contributed by atoms with Crippen LogP contribution >= 0.6 is 0 Å². The molecule has 0 saturated carbocycles. The number of nitrogens with zero attached hydrogens (tertiary/aromatic N) is 2. The fourth-order valence-corrected chi connectivity index (χ4v) is 3.89. The molecule has 178 valence electrons. The zero-order chi connectivity index (χ0) is 24.0. The monoisotopic (exact) mass is 456 g/mol. The van der Waals surface area contributed by atoms with Crippen LogP contribution in [0, 0.1) is 5.82 Å². The van der Waals surface area contributed by atoms with E-state index < -0.39 is 0 Å². The lowest BCUT2D eigenvalue weighted by atomic mass is 10.1. The molecule has 1 aliphatic rings. The third-order valence-corrected chi connectivity index (χ3v) is 5.43. The number of halogens is 1. The summed E-state index contributed by atoms with van der Waals surface area (Å²) in [5.74, 6) is -0.573. The van der Waals surface area contributed by atoms with Gasteiger partial charge in [0.15, 0.2) is 0 Å². The highest BCUT2D eigenvalue weighted by Crippen LogP contribution is 2.26. The molecule has 8 heteroatoms. The molecule has 2 N–H and O–H groups in total. The van der Waals surface area contributed by atoms with Gasteiger partial charge in [-0.25, -0.2) is 9.18 Å². The Kier molecular flexibility index (Phi) is 8.27. The Balaban J connectivity index is 1.88. The van der Waals surface area contributed by atoms with Crippen LogP contribution in [0.25, 0.3) is 0 Å². The molecule has 0 spiro atoms. The molecule has 1 aliphatic heterocycles. The second-order valence-electron chi connectivity index (χ2n) is 8.82. The highest BCUT2D eigenvalue weighted by molar-refractivity contribution is 5.94. The third-order valence-electron chi connectivity index (χ3n) is 5.43. The summed E-state index contributed by atoms with van der Waals surface area (Å²) in [7, 11) is 3.87. The molecule has 1 fully saturated rings. The van der Waals surface area contributed by atoms with E-state index in [0.717, 1.165) is 24.1 Å². The third kappa shape index (κ3) is 6.92. The maximum atomic E-state index is 13.4. The molecule has 3 amide bonds. The minimum absolute atomic E-state index is 0.0146. The lowest BCUT2D eigenvalue weighted by Gasteiger charge is -2.28. The zero-order valence-electron chi connectivity index (χ0n) is 19.7. The van der Waals surface area contributed by atoms with Crippen molar-refractivity contribution in [1.29, 1.82) is 0 Å². The van der Waals surface area contributed by atoms with Gasteiger partial charge in [-0.05, 0) is 74.7 Å². The molecule has 0 aromatic heterocycles. The van der Waals surface area contributed by atoms with Crippen LogP contribution in [0.1, 0.15) is 42.6 Å². The first-order valence-electron chi connectivity index (χ1n) is 11.3. The Hall–Kier alpha value is -3.13. The van der Waals surface area contributed by atoms with Crippen LogP contribution in [0.15, 0.2) is 42.5 Å². The van der Waals surface area contributed by atoms with Gasteiger partial charge in [0.2, 0.25) is 0 Å². The highest BCUT2D eigenvalue weighted by atomic mass is 19.1. The number of carbonyl (C=O) groups excluding carboxylic acids is 2. The van der Waals surface area contributed by atoms with E-state index in [1.165, 1.54) is 24.3 Å². The zero-order valence-corrected chi connectivity index (χ0v) is 19.7. The van der Waals surface area contributed by atoms with E-state index in [4.69, 9.17) is 4.74 Å². The summed E-state index contributed by atoms with van der Waals surface area (Å²) in [5.41, 5.74) is 2.89. The van der Waals surface area contributed by atoms with Gasteiger partial charge in [0, 0.05) is 56.8 Å². The number of urea groups is 1. The van der Waals surface area contributed by atoms with Crippen molar-refractivity contribution in [2.75, 3.05) is 37.5 Å². The standard InChI is InChI=1S/C25H33FN4O3/c1-17(2)27-25(32)28-21-11-12-23(29(3)4)19(14-21)15-30(16-22-6-5-13-33-22)24(31)18-7-9-20(26)10-8-18/h7-12,14,17,22H,5-6,13,15-16H2,1-4H3,(H2,27,28,32)/t22-/m0/s1. The first-order valence-corrected chi connectivity index (χ1v) is 11.3. The van der Waals surface area contributed by atoms with Crippen LogP contribution in [0.4, 0.5) is 20.6 Å². The number of ether oxygens (including phenoxy) is 1. The number of nitrogens with one attached hydrogen (secondary N) is 2. The molecular weight excluding hydrogens is 423 g/mol. The van der Waals surface area contributed by atoms with E-state index in [9.17, 15) is 14.0 Å². The summed E-state index contributed by atoms with van der Waals surface area (Å²) in [6, 6.07) is 11.0. The van der Waals surface area contributed by atoms with Gasteiger partial charge in [0.1, 0.15) is 5.82 Å². The van der Waals surface area contributed by atoms with Crippen molar-refractivity contribution in [3.63, 3.8) is 0 Å². The van der Waals surface area contributed by atoms with Crippen LogP contribution in [-0.2, 0) is 11.3 Å². The topological polar surface area (TPSA) is 73.9 Å². The molecule has 1 atom stereocenters. The Morgan fingerprint density at radius 1 is 1.15 bits per heavy atom. The van der Waals surface area contributed by atoms with Crippen molar-refractivity contribution in [3.05, 3.63) is 59.4 Å². The van der Waals surface area contributed by atoms with Crippen LogP contribution in [0.5, 0.6) is 0 Å². The molecule has 0 unspecified atom stereocenters. The molecule has 1 saturated heterocycles. The maximum absolute atomic E-state index is 13.4. The summed E-state index contributed by atoms with van der Waals surface area (Å²) in [5, 5.41) is 5.66. The predicted octanol–water partition coefficient (Wildman–Crippen LogP) is 4.24. The van der Waals surface area contributed by atoms with Crippen molar-refractivity contribution >= 4 is 23.3 Å². The van der Waals surface area contributed by atoms with Crippen LogP contribution in [0.3, 0.4) is 0 Å². The van der Waals surface area contributed by atoms with E-state index in [1.807, 2.05) is 51.0 Å². The summed E-state index contributed by atoms with van der Waals surface area (Å²) in [6.07, 6.45) is 1.83. The second kappa shape index (κ2) is 11.1. The fourth-order valence-electron chi connectivity index (χ4n) is 3.89. The Morgan fingerprint density at radius 2 is 1.88 bits per heavy atom. The second-order valence-corrected chi connectivity index (χ2v) is 8.82. The van der Waals surface area contributed by atoms with Gasteiger partial charge in [-0.1, -0.05) is 0 Å². The van der Waals surface area contributed by atoms with Gasteiger partial charge in [0.05, 0.1) is 6.10 Å². The average Bonchev–Trinajstić information content (AvgIpc) is 3.26. The van der Waals surface area contributed by atoms with Crippen molar-refractivity contribution < 1.29 is 18.7 Å². The van der Waals surface area contributed by atoms with E-state index in [1.54, 1.807) is 4.90 Å². The molecule has 2 aromatic carbocycles. The average molecular weight is 457 g/mol. The number of rotatable bonds is 8. The smallest absolute Gasteiger partial charge is 0.319 e. The predicted molar refractivity (Wildman–Crippen MR) is 128 cm³/mol. The van der Waals surface area contributed by atoms with Crippen molar-refractivity contribution in [1.82, 2.24) is 10.2 Å². The summed E-state index contributed by atoms with van der Waals surface area (Å²) < 4.78 is 19.2. The lowest BCUT2D eigenvalue weighted by Crippen LogP contribution is -2.37. The number of carbonyl (C=O) groups is 2. The number of hydrogen-bond acceptors (Lipinski definition) is 4. The molecule has 3 rings (SSSR count). The molecule has 7 nitrogen and oxygen atoms in total. The van der Waals surface area contributed by atoms with Gasteiger partial charge >= 0.3 is 6.03 Å². The van der Waals surface area contributed by atoms with E-state index >= 15 is 0 Å². The normalized spacial score (nSPS) is 15.4. The van der Waals surface area contributed by atoms with Crippen molar-refractivity contribution in [2.24, 2.45) is 0 Å². The molecule has 0 radical (unpaired) electrons. The molecule has 1 heterocycles. The first kappa shape index (κ1) is 24.5. The number of hydrogen-bond donors (Lipinski definition) is 2.